The molecular formula is C26H43N3O2. The second-order valence-electron chi connectivity index (χ2n) is 13.1. The number of carbonyl (C=O) groups is 2. The van der Waals surface area contributed by atoms with Gasteiger partial charge in [0.05, 0.1) is 6.54 Å². The molecule has 5 nitrogen and oxygen atoms in total. The first-order valence-corrected chi connectivity index (χ1v) is 13.0. The minimum Gasteiger partial charge on any atom is -0.356 e. The summed E-state index contributed by atoms with van der Waals surface area (Å²) in [6, 6.07) is 1.02. The molecule has 0 aromatic rings. The number of carbonyl (C=O) groups excluding carboxylic acids is 2. The van der Waals surface area contributed by atoms with Crippen LogP contribution in [-0.2, 0) is 9.59 Å². The molecular weight excluding hydrogens is 386 g/mol. The highest BCUT2D eigenvalue weighted by Gasteiger charge is 2.51. The van der Waals surface area contributed by atoms with Crippen LogP contribution in [0.5, 0.6) is 0 Å². The second-order valence-corrected chi connectivity index (χ2v) is 13.1. The van der Waals surface area contributed by atoms with Gasteiger partial charge in [0.15, 0.2) is 0 Å². The molecule has 2 saturated heterocycles. The highest BCUT2D eigenvalue weighted by Crippen LogP contribution is 2.61. The molecule has 0 spiro atoms. The minimum atomic E-state index is -0.171. The van der Waals surface area contributed by atoms with Crippen LogP contribution in [0.1, 0.15) is 91.4 Å². The van der Waals surface area contributed by atoms with Crippen molar-refractivity contribution >= 4 is 11.8 Å². The van der Waals surface area contributed by atoms with Crippen LogP contribution < -0.4 is 10.6 Å². The Balaban J connectivity index is 1.09. The van der Waals surface area contributed by atoms with Crippen LogP contribution in [0.3, 0.4) is 0 Å². The van der Waals surface area contributed by atoms with E-state index in [1.165, 1.54) is 51.4 Å². The number of hydrogen-bond donors (Lipinski definition) is 2. The first kappa shape index (κ1) is 21.7. The van der Waals surface area contributed by atoms with E-state index in [1.54, 1.807) is 0 Å². The first-order valence-electron chi connectivity index (χ1n) is 13.0. The lowest BCUT2D eigenvalue weighted by Gasteiger charge is -2.56. The van der Waals surface area contributed by atoms with Gasteiger partial charge in [-0.2, -0.15) is 0 Å². The van der Waals surface area contributed by atoms with Gasteiger partial charge in [-0.1, -0.05) is 0 Å². The zero-order valence-corrected chi connectivity index (χ0v) is 19.9. The summed E-state index contributed by atoms with van der Waals surface area (Å²) in [5.41, 5.74) is 0.164. The van der Waals surface area contributed by atoms with Gasteiger partial charge in [-0.3, -0.25) is 14.5 Å². The van der Waals surface area contributed by atoms with Gasteiger partial charge < -0.3 is 10.6 Å². The molecule has 2 N–H and O–H groups in total. The molecule has 2 amide bonds. The fourth-order valence-electron chi connectivity index (χ4n) is 8.60. The van der Waals surface area contributed by atoms with E-state index in [9.17, 15) is 9.59 Å². The van der Waals surface area contributed by atoms with E-state index in [0.29, 0.717) is 35.9 Å². The van der Waals surface area contributed by atoms with Crippen molar-refractivity contribution < 1.29 is 9.59 Å². The van der Waals surface area contributed by atoms with Gasteiger partial charge in [0.25, 0.3) is 0 Å². The molecule has 0 radical (unpaired) electrons. The molecule has 31 heavy (non-hydrogen) atoms. The molecule has 6 aliphatic rings. The molecule has 5 heteroatoms. The number of rotatable bonds is 6. The molecule has 4 saturated carbocycles. The lowest BCUT2D eigenvalue weighted by molar-refractivity contribution is -0.129. The Bertz CT molecular complexity index is 663. The lowest BCUT2D eigenvalue weighted by Crippen LogP contribution is -2.52. The third-order valence-electron chi connectivity index (χ3n) is 9.11. The third-order valence-corrected chi connectivity index (χ3v) is 9.11. The summed E-state index contributed by atoms with van der Waals surface area (Å²) in [5.74, 6) is 3.76. The maximum atomic E-state index is 12.9. The quantitative estimate of drug-likeness (QED) is 0.674. The Morgan fingerprint density at radius 2 is 1.42 bits per heavy atom. The van der Waals surface area contributed by atoms with E-state index >= 15 is 0 Å². The van der Waals surface area contributed by atoms with Crippen molar-refractivity contribution in [2.75, 3.05) is 13.1 Å². The van der Waals surface area contributed by atoms with E-state index in [0.717, 1.165) is 43.6 Å². The average Bonchev–Trinajstić information content (AvgIpc) is 2.86. The maximum Gasteiger partial charge on any atom is 0.234 e. The Labute approximate surface area is 188 Å². The average molecular weight is 430 g/mol. The molecule has 2 aliphatic heterocycles. The summed E-state index contributed by atoms with van der Waals surface area (Å²) in [4.78, 5) is 27.8. The molecule has 6 rings (SSSR count). The van der Waals surface area contributed by atoms with Crippen molar-refractivity contribution in [1.29, 1.82) is 0 Å². The number of nitrogens with one attached hydrogen (secondary N) is 2. The molecule has 3 atom stereocenters. The molecule has 0 aromatic carbocycles. The van der Waals surface area contributed by atoms with Crippen molar-refractivity contribution in [3.05, 3.63) is 0 Å². The standard InChI is InChI=1S/C26H43N3O2/c1-25(2,3)28-24(31)16-29-21-4-5-22(29)10-20(9-21)15-27-23(30)14-26-11-17-6-18(12-26)8-19(7-17)13-26/h17-22H,4-16H2,1-3H3,(H,27,30)(H,28,31)/t17?,18?,19?,20-,21-,22+,26?. The summed E-state index contributed by atoms with van der Waals surface area (Å²) < 4.78 is 0. The van der Waals surface area contributed by atoms with Gasteiger partial charge in [0.1, 0.15) is 0 Å². The Morgan fingerprint density at radius 1 is 0.871 bits per heavy atom. The second kappa shape index (κ2) is 8.04. The summed E-state index contributed by atoms with van der Waals surface area (Å²) in [5, 5.41) is 6.46. The largest absolute Gasteiger partial charge is 0.356 e. The van der Waals surface area contributed by atoms with Gasteiger partial charge in [-0.05, 0) is 114 Å². The van der Waals surface area contributed by atoms with Crippen LogP contribution in [0.15, 0.2) is 0 Å². The zero-order valence-electron chi connectivity index (χ0n) is 19.9. The molecule has 4 aliphatic carbocycles. The smallest absolute Gasteiger partial charge is 0.234 e. The fourth-order valence-corrected chi connectivity index (χ4v) is 8.60. The Kier molecular flexibility index (Phi) is 5.64. The van der Waals surface area contributed by atoms with Crippen molar-refractivity contribution in [2.45, 2.75) is 109 Å². The van der Waals surface area contributed by atoms with E-state index in [1.807, 2.05) is 20.8 Å². The molecule has 174 valence electrons. The van der Waals surface area contributed by atoms with Gasteiger partial charge in [0, 0.05) is 30.6 Å². The number of hydrogen-bond acceptors (Lipinski definition) is 3. The van der Waals surface area contributed by atoms with Crippen LogP contribution in [0.2, 0.25) is 0 Å². The predicted molar refractivity (Wildman–Crippen MR) is 122 cm³/mol. The number of fused-ring (bicyclic) bond motifs is 2. The third kappa shape index (κ3) is 4.82. The first-order chi connectivity index (χ1) is 14.7. The van der Waals surface area contributed by atoms with Crippen LogP contribution in [0, 0.1) is 29.1 Å². The van der Waals surface area contributed by atoms with E-state index in [2.05, 4.69) is 15.5 Å². The van der Waals surface area contributed by atoms with Crippen LogP contribution >= 0.6 is 0 Å². The highest BCUT2D eigenvalue weighted by atomic mass is 16.2. The maximum absolute atomic E-state index is 12.9. The predicted octanol–water partition coefficient (Wildman–Crippen LogP) is 3.87. The van der Waals surface area contributed by atoms with E-state index < -0.39 is 0 Å². The van der Waals surface area contributed by atoms with Crippen molar-refractivity contribution in [2.24, 2.45) is 29.1 Å². The summed E-state index contributed by atoms with van der Waals surface area (Å²) >= 11 is 0. The van der Waals surface area contributed by atoms with Crippen molar-refractivity contribution in [3.8, 4) is 0 Å². The van der Waals surface area contributed by atoms with Crippen molar-refractivity contribution in [1.82, 2.24) is 15.5 Å². The fraction of sp³-hybridized carbons (Fsp3) is 0.923. The topological polar surface area (TPSA) is 61.4 Å². The molecule has 2 heterocycles. The minimum absolute atomic E-state index is 0.145. The van der Waals surface area contributed by atoms with Crippen LogP contribution in [-0.4, -0.2) is 47.4 Å². The number of amides is 2. The number of nitrogens with zero attached hydrogens (tertiary/aromatic N) is 1. The SMILES string of the molecule is CC(C)(C)NC(=O)CN1[C@@H]2CC[C@H]1C[C@H](CNC(=O)CC13CC4CC(CC(C4)C1)C3)C2. The molecule has 0 aromatic heterocycles. The Morgan fingerprint density at radius 3 is 1.94 bits per heavy atom. The lowest BCUT2D eigenvalue weighted by atomic mass is 9.49. The monoisotopic (exact) mass is 429 g/mol. The van der Waals surface area contributed by atoms with Gasteiger partial charge in [0.2, 0.25) is 11.8 Å². The summed E-state index contributed by atoms with van der Waals surface area (Å²) in [6.07, 6.45) is 13.7. The normalized spacial score (nSPS) is 41.4. The van der Waals surface area contributed by atoms with Crippen molar-refractivity contribution in [3.63, 3.8) is 0 Å². The summed E-state index contributed by atoms with van der Waals surface area (Å²) in [7, 11) is 0. The van der Waals surface area contributed by atoms with Crippen LogP contribution in [0.4, 0.5) is 0 Å². The Hall–Kier alpha value is -1.10. The molecule has 0 unspecified atom stereocenters. The van der Waals surface area contributed by atoms with E-state index in [4.69, 9.17) is 0 Å². The zero-order chi connectivity index (χ0) is 21.8. The van der Waals surface area contributed by atoms with Gasteiger partial charge >= 0.3 is 0 Å². The molecule has 6 bridgehead atoms. The van der Waals surface area contributed by atoms with Gasteiger partial charge in [-0.15, -0.1) is 0 Å². The summed E-state index contributed by atoms with van der Waals surface area (Å²) in [6.45, 7) is 7.48. The van der Waals surface area contributed by atoms with Crippen LogP contribution in [0.25, 0.3) is 0 Å². The van der Waals surface area contributed by atoms with Gasteiger partial charge in [-0.25, -0.2) is 0 Å². The number of piperidine rings is 1. The van der Waals surface area contributed by atoms with E-state index in [-0.39, 0.29) is 11.4 Å². The molecule has 6 fully saturated rings. The highest BCUT2D eigenvalue weighted by molar-refractivity contribution is 5.79.